The van der Waals surface area contributed by atoms with E-state index >= 15 is 0 Å². The highest BCUT2D eigenvalue weighted by Crippen LogP contribution is 2.42. The SMILES string of the molecule is CCC1CCC(O)(CCC2CC2)C1. The van der Waals surface area contributed by atoms with Crippen LogP contribution in [-0.2, 0) is 0 Å². The fourth-order valence-corrected chi connectivity index (χ4v) is 2.67. The molecule has 0 heterocycles. The molecule has 0 aromatic rings. The molecule has 2 aliphatic rings. The smallest absolute Gasteiger partial charge is 0.0650 e. The molecular weight excluding hydrogens is 160 g/mol. The van der Waals surface area contributed by atoms with E-state index in [0.29, 0.717) is 0 Å². The van der Waals surface area contributed by atoms with Crippen molar-refractivity contribution in [3.63, 3.8) is 0 Å². The van der Waals surface area contributed by atoms with Gasteiger partial charge < -0.3 is 5.11 Å². The van der Waals surface area contributed by atoms with Gasteiger partial charge in [0.2, 0.25) is 0 Å². The van der Waals surface area contributed by atoms with Crippen molar-refractivity contribution in [3.8, 4) is 0 Å². The van der Waals surface area contributed by atoms with Gasteiger partial charge in [0.05, 0.1) is 5.60 Å². The molecule has 2 saturated carbocycles. The zero-order valence-corrected chi connectivity index (χ0v) is 8.76. The van der Waals surface area contributed by atoms with Crippen LogP contribution in [0.15, 0.2) is 0 Å². The maximum absolute atomic E-state index is 10.3. The maximum Gasteiger partial charge on any atom is 0.0650 e. The third-order valence-corrected chi connectivity index (χ3v) is 3.98. The van der Waals surface area contributed by atoms with Crippen molar-refractivity contribution in [2.24, 2.45) is 11.8 Å². The second-order valence-electron chi connectivity index (χ2n) is 5.22. The van der Waals surface area contributed by atoms with Crippen LogP contribution in [0.4, 0.5) is 0 Å². The quantitative estimate of drug-likeness (QED) is 0.708. The number of hydrogen-bond acceptors (Lipinski definition) is 1. The minimum Gasteiger partial charge on any atom is -0.390 e. The van der Waals surface area contributed by atoms with Gasteiger partial charge in [0.15, 0.2) is 0 Å². The van der Waals surface area contributed by atoms with E-state index in [1.165, 1.54) is 32.1 Å². The molecule has 2 rings (SSSR count). The predicted octanol–water partition coefficient (Wildman–Crippen LogP) is 3.12. The second-order valence-corrected chi connectivity index (χ2v) is 5.22. The van der Waals surface area contributed by atoms with E-state index in [0.717, 1.165) is 31.1 Å². The largest absolute Gasteiger partial charge is 0.390 e. The standard InChI is InChI=1S/C12H22O/c1-2-10-5-7-12(13,9-10)8-6-11-3-4-11/h10-11,13H,2-9H2,1H3. The molecule has 2 aliphatic carbocycles. The van der Waals surface area contributed by atoms with Crippen molar-refractivity contribution in [2.45, 2.75) is 63.9 Å². The van der Waals surface area contributed by atoms with E-state index in [-0.39, 0.29) is 5.60 Å². The summed E-state index contributed by atoms with van der Waals surface area (Å²) in [7, 11) is 0. The van der Waals surface area contributed by atoms with Crippen LogP contribution >= 0.6 is 0 Å². The molecule has 0 saturated heterocycles. The second kappa shape index (κ2) is 3.61. The molecule has 1 N–H and O–H groups in total. The molecule has 13 heavy (non-hydrogen) atoms. The molecule has 2 atom stereocenters. The molecule has 1 heteroatoms. The highest BCUT2D eigenvalue weighted by Gasteiger charge is 2.37. The van der Waals surface area contributed by atoms with Gasteiger partial charge in [-0.25, -0.2) is 0 Å². The summed E-state index contributed by atoms with van der Waals surface area (Å²) in [6.07, 6.45) is 9.87. The minimum atomic E-state index is -0.261. The van der Waals surface area contributed by atoms with Gasteiger partial charge >= 0.3 is 0 Å². The fourth-order valence-electron chi connectivity index (χ4n) is 2.67. The van der Waals surface area contributed by atoms with Crippen molar-refractivity contribution >= 4 is 0 Å². The Hall–Kier alpha value is -0.0400. The molecule has 2 unspecified atom stereocenters. The van der Waals surface area contributed by atoms with Gasteiger partial charge in [-0.2, -0.15) is 0 Å². The van der Waals surface area contributed by atoms with Crippen LogP contribution in [0.5, 0.6) is 0 Å². The van der Waals surface area contributed by atoms with Gasteiger partial charge in [0.25, 0.3) is 0 Å². The van der Waals surface area contributed by atoms with E-state index in [1.54, 1.807) is 0 Å². The first-order valence-electron chi connectivity index (χ1n) is 5.94. The van der Waals surface area contributed by atoms with Gasteiger partial charge in [-0.15, -0.1) is 0 Å². The summed E-state index contributed by atoms with van der Waals surface area (Å²) in [6.45, 7) is 2.25. The molecule has 0 aromatic carbocycles. The third kappa shape index (κ3) is 2.46. The van der Waals surface area contributed by atoms with E-state index < -0.39 is 0 Å². The Balaban J connectivity index is 1.75. The van der Waals surface area contributed by atoms with Crippen LogP contribution in [0.1, 0.15) is 58.3 Å². The third-order valence-electron chi connectivity index (χ3n) is 3.98. The molecule has 0 aliphatic heterocycles. The maximum atomic E-state index is 10.3. The Morgan fingerprint density at radius 3 is 2.54 bits per heavy atom. The monoisotopic (exact) mass is 182 g/mol. The fraction of sp³-hybridized carbons (Fsp3) is 1.00. The van der Waals surface area contributed by atoms with E-state index in [2.05, 4.69) is 6.92 Å². The normalized spacial score (nSPS) is 39.7. The van der Waals surface area contributed by atoms with E-state index in [4.69, 9.17) is 0 Å². The number of rotatable bonds is 4. The van der Waals surface area contributed by atoms with Crippen LogP contribution in [0, 0.1) is 11.8 Å². The lowest BCUT2D eigenvalue weighted by atomic mass is 9.93. The van der Waals surface area contributed by atoms with Crippen LogP contribution in [-0.4, -0.2) is 10.7 Å². The lowest BCUT2D eigenvalue weighted by Crippen LogP contribution is -2.24. The summed E-state index contributed by atoms with van der Waals surface area (Å²) in [5, 5.41) is 10.3. The predicted molar refractivity (Wildman–Crippen MR) is 54.5 cm³/mol. The highest BCUT2D eigenvalue weighted by molar-refractivity contribution is 4.90. The van der Waals surface area contributed by atoms with Gasteiger partial charge in [-0.1, -0.05) is 26.2 Å². The Morgan fingerprint density at radius 2 is 2.00 bits per heavy atom. The van der Waals surface area contributed by atoms with Crippen molar-refractivity contribution in [1.29, 1.82) is 0 Å². The first-order chi connectivity index (χ1) is 6.22. The molecule has 1 nitrogen and oxygen atoms in total. The van der Waals surface area contributed by atoms with Crippen LogP contribution in [0.25, 0.3) is 0 Å². The summed E-state index contributed by atoms with van der Waals surface area (Å²) in [5.74, 6) is 1.79. The average Bonchev–Trinajstić information content (AvgIpc) is 2.88. The average molecular weight is 182 g/mol. The first kappa shape index (κ1) is 9.51. The van der Waals surface area contributed by atoms with Gasteiger partial charge in [-0.3, -0.25) is 0 Å². The Bertz CT molecular complexity index is 174. The van der Waals surface area contributed by atoms with Gasteiger partial charge in [-0.05, 0) is 43.9 Å². The van der Waals surface area contributed by atoms with E-state index in [9.17, 15) is 5.11 Å². The van der Waals surface area contributed by atoms with Crippen molar-refractivity contribution in [1.82, 2.24) is 0 Å². The van der Waals surface area contributed by atoms with Crippen molar-refractivity contribution in [2.75, 3.05) is 0 Å². The van der Waals surface area contributed by atoms with Crippen molar-refractivity contribution < 1.29 is 5.11 Å². The summed E-state index contributed by atoms with van der Waals surface area (Å²) < 4.78 is 0. The molecular formula is C12H22O. The molecule has 0 aromatic heterocycles. The Morgan fingerprint density at radius 1 is 1.23 bits per heavy atom. The van der Waals surface area contributed by atoms with Gasteiger partial charge in [0.1, 0.15) is 0 Å². The molecule has 0 spiro atoms. The lowest BCUT2D eigenvalue weighted by Gasteiger charge is -2.22. The Kier molecular flexibility index (Phi) is 2.64. The molecule has 2 fully saturated rings. The lowest BCUT2D eigenvalue weighted by molar-refractivity contribution is 0.0310. The topological polar surface area (TPSA) is 20.2 Å². The molecule has 0 radical (unpaired) electrons. The zero-order chi connectivity index (χ0) is 9.31. The molecule has 76 valence electrons. The number of hydrogen-bond donors (Lipinski definition) is 1. The molecule has 0 bridgehead atoms. The van der Waals surface area contributed by atoms with Gasteiger partial charge in [0, 0.05) is 0 Å². The van der Waals surface area contributed by atoms with Crippen LogP contribution in [0.2, 0.25) is 0 Å². The summed E-state index contributed by atoms with van der Waals surface area (Å²) in [5.41, 5.74) is -0.261. The number of aliphatic hydroxyl groups is 1. The zero-order valence-electron chi connectivity index (χ0n) is 8.76. The first-order valence-corrected chi connectivity index (χ1v) is 5.94. The van der Waals surface area contributed by atoms with Crippen LogP contribution in [0.3, 0.4) is 0 Å². The summed E-state index contributed by atoms with van der Waals surface area (Å²) >= 11 is 0. The highest BCUT2D eigenvalue weighted by atomic mass is 16.3. The summed E-state index contributed by atoms with van der Waals surface area (Å²) in [6, 6.07) is 0. The Labute approximate surface area is 81.5 Å². The van der Waals surface area contributed by atoms with E-state index in [1.807, 2.05) is 0 Å². The van der Waals surface area contributed by atoms with Crippen LogP contribution < -0.4 is 0 Å². The summed E-state index contributed by atoms with van der Waals surface area (Å²) in [4.78, 5) is 0. The van der Waals surface area contributed by atoms with Crippen molar-refractivity contribution in [3.05, 3.63) is 0 Å². The molecule has 0 amide bonds. The minimum absolute atomic E-state index is 0.261.